The highest BCUT2D eigenvalue weighted by atomic mass is 79.9. The van der Waals surface area contributed by atoms with Crippen molar-refractivity contribution in [3.05, 3.63) is 16.4 Å². The first-order valence-corrected chi connectivity index (χ1v) is 7.33. The number of rotatable bonds is 7. The van der Waals surface area contributed by atoms with E-state index >= 15 is 0 Å². The fraction of sp³-hybridized carbons (Fsp3) is 0.769. The van der Waals surface area contributed by atoms with Crippen molar-refractivity contribution in [2.45, 2.75) is 52.6 Å². The second-order valence-corrected chi connectivity index (χ2v) is 5.43. The van der Waals surface area contributed by atoms with Gasteiger partial charge in [0.25, 0.3) is 0 Å². The lowest BCUT2D eigenvalue weighted by Crippen LogP contribution is -2.26. The first-order chi connectivity index (χ1) is 8.15. The van der Waals surface area contributed by atoms with Crippen LogP contribution in [0.1, 0.15) is 51.8 Å². The average molecular weight is 302 g/mol. The minimum absolute atomic E-state index is 0.373. The Labute approximate surface area is 113 Å². The van der Waals surface area contributed by atoms with Crippen molar-refractivity contribution >= 4 is 15.9 Å². The predicted molar refractivity (Wildman–Crippen MR) is 76.1 cm³/mol. The smallest absolute Gasteiger partial charge is 0.0698 e. The zero-order chi connectivity index (χ0) is 12.8. The molecule has 1 heterocycles. The van der Waals surface area contributed by atoms with Gasteiger partial charge in [-0.05, 0) is 42.2 Å². The van der Waals surface area contributed by atoms with Crippen molar-refractivity contribution in [3.8, 4) is 0 Å². The Morgan fingerprint density at radius 1 is 1.47 bits per heavy atom. The summed E-state index contributed by atoms with van der Waals surface area (Å²) in [7, 11) is 2.03. The molecule has 0 saturated heterocycles. The molecule has 0 aromatic carbocycles. The number of hydrogen-bond donors (Lipinski definition) is 1. The van der Waals surface area contributed by atoms with Crippen LogP contribution < -0.4 is 5.32 Å². The Morgan fingerprint density at radius 2 is 2.18 bits per heavy atom. The summed E-state index contributed by atoms with van der Waals surface area (Å²) in [4.78, 5) is 0. The third kappa shape index (κ3) is 3.55. The van der Waals surface area contributed by atoms with Crippen LogP contribution in [0.15, 0.2) is 10.7 Å². The van der Waals surface area contributed by atoms with Gasteiger partial charge in [-0.2, -0.15) is 5.10 Å². The minimum atomic E-state index is 0.373. The van der Waals surface area contributed by atoms with Crippen LogP contribution in [-0.2, 0) is 6.54 Å². The maximum Gasteiger partial charge on any atom is 0.0698 e. The van der Waals surface area contributed by atoms with Crippen LogP contribution >= 0.6 is 15.9 Å². The van der Waals surface area contributed by atoms with E-state index in [4.69, 9.17) is 0 Å². The summed E-state index contributed by atoms with van der Waals surface area (Å²) in [6, 6.07) is 0.373. The molecule has 4 heteroatoms. The van der Waals surface area contributed by atoms with E-state index in [9.17, 15) is 0 Å². The standard InChI is InChI=1S/C13H24BrN3/c1-5-7-8-10(3)12(15-4)13-11(14)9-16-17(13)6-2/h9-10,12,15H,5-8H2,1-4H3. The fourth-order valence-electron chi connectivity index (χ4n) is 2.32. The predicted octanol–water partition coefficient (Wildman–Crippen LogP) is 3.75. The molecule has 2 atom stereocenters. The molecule has 17 heavy (non-hydrogen) atoms. The fourth-order valence-corrected chi connectivity index (χ4v) is 2.86. The second kappa shape index (κ2) is 7.17. The molecule has 0 aliphatic rings. The lowest BCUT2D eigenvalue weighted by atomic mass is 9.93. The quantitative estimate of drug-likeness (QED) is 0.831. The molecule has 2 unspecified atom stereocenters. The number of nitrogens with zero attached hydrogens (tertiary/aromatic N) is 2. The Hall–Kier alpha value is -0.350. The monoisotopic (exact) mass is 301 g/mol. The lowest BCUT2D eigenvalue weighted by Gasteiger charge is -2.25. The number of halogens is 1. The summed E-state index contributed by atoms with van der Waals surface area (Å²) >= 11 is 3.61. The summed E-state index contributed by atoms with van der Waals surface area (Å²) in [5.74, 6) is 0.623. The van der Waals surface area contributed by atoms with Crippen LogP contribution in [-0.4, -0.2) is 16.8 Å². The van der Waals surface area contributed by atoms with E-state index in [1.165, 1.54) is 25.0 Å². The van der Waals surface area contributed by atoms with Gasteiger partial charge in [-0.1, -0.05) is 26.7 Å². The van der Waals surface area contributed by atoms with E-state index in [1.807, 2.05) is 13.2 Å². The van der Waals surface area contributed by atoms with Gasteiger partial charge in [0.15, 0.2) is 0 Å². The van der Waals surface area contributed by atoms with E-state index in [1.54, 1.807) is 0 Å². The van der Waals surface area contributed by atoms with Gasteiger partial charge in [0, 0.05) is 6.54 Å². The Bertz CT molecular complexity index is 335. The van der Waals surface area contributed by atoms with Gasteiger partial charge in [0.2, 0.25) is 0 Å². The van der Waals surface area contributed by atoms with Crippen LogP contribution in [0.3, 0.4) is 0 Å². The molecule has 0 fully saturated rings. The van der Waals surface area contributed by atoms with Gasteiger partial charge in [-0.3, -0.25) is 4.68 Å². The number of nitrogens with one attached hydrogen (secondary N) is 1. The molecule has 1 aromatic heterocycles. The maximum absolute atomic E-state index is 4.40. The molecular weight excluding hydrogens is 278 g/mol. The average Bonchev–Trinajstić information content (AvgIpc) is 2.69. The molecular formula is C13H24BrN3. The topological polar surface area (TPSA) is 29.9 Å². The van der Waals surface area contributed by atoms with Crippen molar-refractivity contribution < 1.29 is 0 Å². The molecule has 3 nitrogen and oxygen atoms in total. The van der Waals surface area contributed by atoms with Gasteiger partial charge in [0.05, 0.1) is 22.4 Å². The summed E-state index contributed by atoms with van der Waals surface area (Å²) in [5.41, 5.74) is 1.28. The van der Waals surface area contributed by atoms with Crippen LogP contribution in [0, 0.1) is 5.92 Å². The number of aryl methyl sites for hydroxylation is 1. The highest BCUT2D eigenvalue weighted by Crippen LogP contribution is 2.30. The molecule has 0 bridgehead atoms. The minimum Gasteiger partial charge on any atom is -0.311 e. The first kappa shape index (κ1) is 14.7. The second-order valence-electron chi connectivity index (χ2n) is 4.58. The molecule has 0 aliphatic carbocycles. The third-order valence-corrected chi connectivity index (χ3v) is 3.93. The Kier molecular flexibility index (Phi) is 6.20. The van der Waals surface area contributed by atoms with Crippen molar-refractivity contribution in [2.24, 2.45) is 5.92 Å². The number of aromatic nitrogens is 2. The largest absolute Gasteiger partial charge is 0.311 e. The summed E-state index contributed by atoms with van der Waals surface area (Å²) in [6.07, 6.45) is 5.70. The van der Waals surface area contributed by atoms with E-state index in [0.29, 0.717) is 12.0 Å². The van der Waals surface area contributed by atoms with Crippen molar-refractivity contribution in [1.82, 2.24) is 15.1 Å². The molecule has 0 spiro atoms. The first-order valence-electron chi connectivity index (χ1n) is 6.54. The molecule has 0 amide bonds. The highest BCUT2D eigenvalue weighted by Gasteiger charge is 2.23. The van der Waals surface area contributed by atoms with Gasteiger partial charge < -0.3 is 5.32 Å². The summed E-state index contributed by atoms with van der Waals surface area (Å²) in [6.45, 7) is 7.61. The summed E-state index contributed by atoms with van der Waals surface area (Å²) in [5, 5.41) is 7.83. The van der Waals surface area contributed by atoms with Crippen LogP contribution in [0.25, 0.3) is 0 Å². The van der Waals surface area contributed by atoms with Crippen molar-refractivity contribution in [1.29, 1.82) is 0 Å². The molecule has 1 rings (SSSR count). The lowest BCUT2D eigenvalue weighted by molar-refractivity contribution is 0.355. The third-order valence-electron chi connectivity index (χ3n) is 3.32. The number of hydrogen-bond acceptors (Lipinski definition) is 2. The Balaban J connectivity index is 2.88. The summed E-state index contributed by atoms with van der Waals surface area (Å²) < 4.78 is 3.19. The van der Waals surface area contributed by atoms with E-state index in [2.05, 4.69) is 51.8 Å². The van der Waals surface area contributed by atoms with Gasteiger partial charge in [-0.25, -0.2) is 0 Å². The zero-order valence-electron chi connectivity index (χ0n) is 11.3. The SMILES string of the molecule is CCCCC(C)C(NC)c1c(Br)cnn1CC. The van der Waals surface area contributed by atoms with E-state index in [-0.39, 0.29) is 0 Å². The van der Waals surface area contributed by atoms with Crippen molar-refractivity contribution in [3.63, 3.8) is 0 Å². The normalized spacial score (nSPS) is 14.9. The highest BCUT2D eigenvalue weighted by molar-refractivity contribution is 9.10. The molecule has 1 aromatic rings. The molecule has 0 radical (unpaired) electrons. The molecule has 0 saturated carbocycles. The molecule has 98 valence electrons. The van der Waals surface area contributed by atoms with Crippen LogP contribution in [0.2, 0.25) is 0 Å². The molecule has 0 aliphatic heterocycles. The van der Waals surface area contributed by atoms with Gasteiger partial charge >= 0.3 is 0 Å². The zero-order valence-corrected chi connectivity index (χ0v) is 12.9. The van der Waals surface area contributed by atoms with Gasteiger partial charge in [0.1, 0.15) is 0 Å². The van der Waals surface area contributed by atoms with Crippen LogP contribution in [0.5, 0.6) is 0 Å². The van der Waals surface area contributed by atoms with E-state index < -0.39 is 0 Å². The Morgan fingerprint density at radius 3 is 2.71 bits per heavy atom. The maximum atomic E-state index is 4.40. The number of unbranched alkanes of at least 4 members (excludes halogenated alkanes) is 1. The molecule has 1 N–H and O–H groups in total. The van der Waals surface area contributed by atoms with Gasteiger partial charge in [-0.15, -0.1) is 0 Å². The van der Waals surface area contributed by atoms with E-state index in [0.717, 1.165) is 11.0 Å². The van der Waals surface area contributed by atoms with Crippen molar-refractivity contribution in [2.75, 3.05) is 7.05 Å². The van der Waals surface area contributed by atoms with Crippen LogP contribution in [0.4, 0.5) is 0 Å².